The second-order valence-corrected chi connectivity index (χ2v) is 6.94. The van der Waals surface area contributed by atoms with Gasteiger partial charge in [-0.25, -0.2) is 8.78 Å². The molecule has 0 saturated carbocycles. The van der Waals surface area contributed by atoms with E-state index in [1.54, 1.807) is 0 Å². The number of nitrogens with one attached hydrogen (secondary N) is 1. The van der Waals surface area contributed by atoms with Gasteiger partial charge in [-0.15, -0.1) is 0 Å². The lowest BCUT2D eigenvalue weighted by atomic mass is 9.84. The second-order valence-electron chi connectivity index (χ2n) is 6.94. The molecule has 0 aliphatic carbocycles. The Balaban J connectivity index is 1.60. The SMILES string of the molecule is O=C(NC1CN2CCC1CC2)c1ccc(=O)n(-c2cc(F)ccc2F)c1. The predicted molar refractivity (Wildman–Crippen MR) is 92.4 cm³/mol. The fourth-order valence-electron chi connectivity index (χ4n) is 3.86. The van der Waals surface area contributed by atoms with E-state index in [9.17, 15) is 18.4 Å². The molecule has 1 amide bonds. The van der Waals surface area contributed by atoms with Gasteiger partial charge in [-0.1, -0.05) is 0 Å². The third-order valence-electron chi connectivity index (χ3n) is 5.31. The van der Waals surface area contributed by atoms with Crippen molar-refractivity contribution >= 4 is 5.91 Å². The zero-order chi connectivity index (χ0) is 18.3. The molecule has 2 bridgehead atoms. The molecule has 26 heavy (non-hydrogen) atoms. The van der Waals surface area contributed by atoms with Crippen molar-refractivity contribution in [3.63, 3.8) is 0 Å². The fourth-order valence-corrected chi connectivity index (χ4v) is 3.86. The molecule has 1 unspecified atom stereocenters. The lowest BCUT2D eigenvalue weighted by Crippen LogP contribution is -2.57. The predicted octanol–water partition coefficient (Wildman–Crippen LogP) is 1.94. The number of hydrogen-bond acceptors (Lipinski definition) is 3. The molecule has 1 aromatic carbocycles. The van der Waals surface area contributed by atoms with Crippen LogP contribution in [0.3, 0.4) is 0 Å². The Hall–Kier alpha value is -2.54. The number of carbonyl (C=O) groups excluding carboxylic acids is 1. The maximum atomic E-state index is 14.0. The first kappa shape index (κ1) is 16.9. The van der Waals surface area contributed by atoms with Crippen LogP contribution < -0.4 is 10.9 Å². The summed E-state index contributed by atoms with van der Waals surface area (Å²) in [6.45, 7) is 2.97. The first-order valence-electron chi connectivity index (χ1n) is 8.72. The van der Waals surface area contributed by atoms with Gasteiger partial charge in [-0.05, 0) is 50.0 Å². The first-order chi connectivity index (χ1) is 12.5. The Morgan fingerprint density at radius 1 is 1.12 bits per heavy atom. The summed E-state index contributed by atoms with van der Waals surface area (Å²) >= 11 is 0. The molecule has 0 radical (unpaired) electrons. The van der Waals surface area contributed by atoms with Gasteiger partial charge in [0, 0.05) is 30.9 Å². The van der Waals surface area contributed by atoms with Gasteiger partial charge in [-0.3, -0.25) is 14.2 Å². The minimum atomic E-state index is -0.733. The van der Waals surface area contributed by atoms with Crippen molar-refractivity contribution in [1.82, 2.24) is 14.8 Å². The summed E-state index contributed by atoms with van der Waals surface area (Å²) in [4.78, 5) is 27.0. The third-order valence-corrected chi connectivity index (χ3v) is 5.31. The monoisotopic (exact) mass is 359 g/mol. The van der Waals surface area contributed by atoms with Crippen LogP contribution in [0.15, 0.2) is 41.3 Å². The van der Waals surface area contributed by atoms with Gasteiger partial charge < -0.3 is 10.2 Å². The number of amides is 1. The number of piperidine rings is 3. The zero-order valence-electron chi connectivity index (χ0n) is 14.1. The summed E-state index contributed by atoms with van der Waals surface area (Å²) in [6, 6.07) is 5.55. The summed E-state index contributed by atoms with van der Waals surface area (Å²) in [7, 11) is 0. The van der Waals surface area contributed by atoms with E-state index in [1.165, 1.54) is 18.3 Å². The molecule has 5 nitrogen and oxygen atoms in total. The number of carbonyl (C=O) groups is 1. The van der Waals surface area contributed by atoms with Crippen LogP contribution in [0.5, 0.6) is 0 Å². The Morgan fingerprint density at radius 2 is 1.88 bits per heavy atom. The average Bonchev–Trinajstić information content (AvgIpc) is 2.65. The molecule has 1 N–H and O–H groups in total. The number of benzene rings is 1. The van der Waals surface area contributed by atoms with Crippen LogP contribution in [0.1, 0.15) is 23.2 Å². The van der Waals surface area contributed by atoms with Gasteiger partial charge in [0.2, 0.25) is 0 Å². The van der Waals surface area contributed by atoms with Crippen molar-refractivity contribution in [2.75, 3.05) is 19.6 Å². The highest BCUT2D eigenvalue weighted by Crippen LogP contribution is 2.27. The van der Waals surface area contributed by atoms with E-state index < -0.39 is 17.2 Å². The van der Waals surface area contributed by atoms with Crippen molar-refractivity contribution in [3.8, 4) is 5.69 Å². The average molecular weight is 359 g/mol. The molecule has 2 aromatic rings. The van der Waals surface area contributed by atoms with E-state index in [2.05, 4.69) is 10.2 Å². The van der Waals surface area contributed by atoms with E-state index in [0.29, 0.717) is 5.92 Å². The van der Waals surface area contributed by atoms with Crippen molar-refractivity contribution < 1.29 is 13.6 Å². The molecule has 0 spiro atoms. The normalized spacial score (nSPS) is 24.5. The maximum absolute atomic E-state index is 14.0. The topological polar surface area (TPSA) is 54.3 Å². The Kier molecular flexibility index (Phi) is 4.32. The fraction of sp³-hybridized carbons (Fsp3) is 0.368. The van der Waals surface area contributed by atoms with Crippen LogP contribution in [0, 0.1) is 17.6 Å². The minimum absolute atomic E-state index is 0.0799. The standard InChI is InChI=1S/C19H19F2N3O2/c20-14-2-3-15(21)17(9-14)24-10-13(1-4-18(24)25)19(26)22-16-11-23-7-5-12(16)6-8-23/h1-4,9-10,12,16H,5-8,11H2,(H,22,26). The molecular formula is C19H19F2N3O2. The minimum Gasteiger partial charge on any atom is -0.348 e. The summed E-state index contributed by atoms with van der Waals surface area (Å²) in [6.07, 6.45) is 3.40. The highest BCUT2D eigenvalue weighted by molar-refractivity contribution is 5.94. The van der Waals surface area contributed by atoms with Gasteiger partial charge in [0.1, 0.15) is 11.6 Å². The molecule has 3 aliphatic heterocycles. The second kappa shape index (κ2) is 6.64. The number of pyridine rings is 1. The van der Waals surface area contributed by atoms with E-state index >= 15 is 0 Å². The molecule has 3 fully saturated rings. The highest BCUT2D eigenvalue weighted by Gasteiger charge is 2.35. The summed E-state index contributed by atoms with van der Waals surface area (Å²) in [5.41, 5.74) is -0.508. The number of fused-ring (bicyclic) bond motifs is 3. The molecule has 1 aromatic heterocycles. The largest absolute Gasteiger partial charge is 0.348 e. The van der Waals surface area contributed by atoms with E-state index in [1.807, 2.05) is 0 Å². The van der Waals surface area contributed by atoms with Crippen molar-refractivity contribution in [2.24, 2.45) is 5.92 Å². The number of nitrogens with zero attached hydrogens (tertiary/aromatic N) is 2. The van der Waals surface area contributed by atoms with Crippen LogP contribution in [0.4, 0.5) is 8.78 Å². The van der Waals surface area contributed by atoms with Gasteiger partial charge in [0.15, 0.2) is 0 Å². The Bertz CT molecular complexity index is 904. The van der Waals surface area contributed by atoms with E-state index in [4.69, 9.17) is 0 Å². The van der Waals surface area contributed by atoms with Crippen LogP contribution in [0.2, 0.25) is 0 Å². The van der Waals surface area contributed by atoms with Crippen molar-refractivity contribution in [1.29, 1.82) is 0 Å². The molecule has 4 heterocycles. The smallest absolute Gasteiger partial charge is 0.255 e. The van der Waals surface area contributed by atoms with Crippen LogP contribution in [-0.4, -0.2) is 41.1 Å². The lowest BCUT2D eigenvalue weighted by Gasteiger charge is -2.44. The molecule has 3 saturated heterocycles. The summed E-state index contributed by atoms with van der Waals surface area (Å²) < 4.78 is 28.4. The first-order valence-corrected chi connectivity index (χ1v) is 8.72. The van der Waals surface area contributed by atoms with Gasteiger partial charge >= 0.3 is 0 Å². The highest BCUT2D eigenvalue weighted by atomic mass is 19.1. The molecule has 1 atom stereocenters. The van der Waals surface area contributed by atoms with Crippen LogP contribution in [0.25, 0.3) is 5.69 Å². The molecule has 136 valence electrons. The number of aromatic nitrogens is 1. The summed E-state index contributed by atoms with van der Waals surface area (Å²) in [5.74, 6) is -1.23. The lowest BCUT2D eigenvalue weighted by molar-refractivity contribution is 0.0620. The van der Waals surface area contributed by atoms with Crippen molar-refractivity contribution in [2.45, 2.75) is 18.9 Å². The molecule has 5 rings (SSSR count). The van der Waals surface area contributed by atoms with Gasteiger partial charge in [0.25, 0.3) is 11.5 Å². The number of halogens is 2. The Morgan fingerprint density at radius 3 is 2.58 bits per heavy atom. The van der Waals surface area contributed by atoms with Crippen LogP contribution in [-0.2, 0) is 0 Å². The number of hydrogen-bond donors (Lipinski definition) is 1. The third kappa shape index (κ3) is 3.14. The van der Waals surface area contributed by atoms with Gasteiger partial charge in [0.05, 0.1) is 11.3 Å². The Labute approximate surface area is 149 Å². The molecule has 3 aliphatic rings. The maximum Gasteiger partial charge on any atom is 0.255 e. The molecule has 7 heteroatoms. The van der Waals surface area contributed by atoms with Gasteiger partial charge in [-0.2, -0.15) is 0 Å². The number of rotatable bonds is 3. The summed E-state index contributed by atoms with van der Waals surface area (Å²) in [5, 5.41) is 3.03. The quantitative estimate of drug-likeness (QED) is 0.911. The van der Waals surface area contributed by atoms with E-state index in [-0.39, 0.29) is 23.2 Å². The van der Waals surface area contributed by atoms with E-state index in [0.717, 1.165) is 55.2 Å². The zero-order valence-corrected chi connectivity index (χ0v) is 14.1. The van der Waals surface area contributed by atoms with Crippen molar-refractivity contribution in [3.05, 3.63) is 64.1 Å². The molecular weight excluding hydrogens is 340 g/mol. The van der Waals surface area contributed by atoms with Crippen LogP contribution >= 0.6 is 0 Å².